The van der Waals surface area contributed by atoms with Crippen LogP contribution in [-0.2, 0) is 0 Å². The van der Waals surface area contributed by atoms with Crippen LogP contribution >= 0.6 is 11.6 Å². The first-order chi connectivity index (χ1) is 11.0. The molecule has 2 N–H and O–H groups in total. The predicted molar refractivity (Wildman–Crippen MR) is 86.7 cm³/mol. The van der Waals surface area contributed by atoms with Crippen LogP contribution in [0.1, 0.15) is 21.8 Å². The van der Waals surface area contributed by atoms with Gasteiger partial charge in [-0.05, 0) is 17.7 Å². The van der Waals surface area contributed by atoms with E-state index in [0.717, 1.165) is 5.56 Å². The zero-order chi connectivity index (χ0) is 16.8. The van der Waals surface area contributed by atoms with Crippen LogP contribution in [0.3, 0.4) is 0 Å². The molecule has 2 aromatic carbocycles. The average molecular weight is 335 g/mol. The maximum Gasteiger partial charge on any atom is 0.287 e. The fourth-order valence-electron chi connectivity index (χ4n) is 2.13. The molecule has 1 unspecified atom stereocenters. The molecule has 1 atom stereocenters. The van der Waals surface area contributed by atoms with Crippen molar-refractivity contribution < 1.29 is 14.8 Å². The molecule has 0 aliphatic rings. The van der Waals surface area contributed by atoms with Crippen LogP contribution in [0.2, 0.25) is 5.02 Å². The van der Waals surface area contributed by atoms with Crippen molar-refractivity contribution in [2.45, 2.75) is 5.92 Å². The number of carbonyl (C=O) groups is 1. The average Bonchev–Trinajstić information content (AvgIpc) is 2.55. The number of aliphatic hydroxyl groups excluding tert-OH is 1. The SMILES string of the molecule is O=C(NCC(CO)c1ccccc1)c1ccc([N+](=O)[O-])c(Cl)c1. The number of amides is 1. The van der Waals surface area contributed by atoms with E-state index in [9.17, 15) is 20.0 Å². The number of hydrogen-bond donors (Lipinski definition) is 2. The summed E-state index contributed by atoms with van der Waals surface area (Å²) < 4.78 is 0. The lowest BCUT2D eigenvalue weighted by molar-refractivity contribution is -0.384. The molecule has 0 radical (unpaired) electrons. The van der Waals surface area contributed by atoms with Gasteiger partial charge in [0.05, 0.1) is 11.5 Å². The molecule has 23 heavy (non-hydrogen) atoms. The monoisotopic (exact) mass is 334 g/mol. The van der Waals surface area contributed by atoms with Crippen molar-refractivity contribution in [2.24, 2.45) is 0 Å². The molecule has 6 nitrogen and oxygen atoms in total. The number of hydrogen-bond acceptors (Lipinski definition) is 4. The Bertz CT molecular complexity index is 706. The summed E-state index contributed by atoms with van der Waals surface area (Å²) in [4.78, 5) is 22.2. The maximum atomic E-state index is 12.1. The lowest BCUT2D eigenvalue weighted by Gasteiger charge is -2.15. The van der Waals surface area contributed by atoms with Gasteiger partial charge in [-0.2, -0.15) is 0 Å². The molecule has 0 aliphatic carbocycles. The van der Waals surface area contributed by atoms with Gasteiger partial charge in [-0.3, -0.25) is 14.9 Å². The molecule has 0 spiro atoms. The molecule has 120 valence electrons. The number of benzene rings is 2. The Morgan fingerprint density at radius 2 is 1.96 bits per heavy atom. The highest BCUT2D eigenvalue weighted by Gasteiger charge is 2.16. The number of nitrogens with one attached hydrogen (secondary N) is 1. The second kappa shape index (κ2) is 7.71. The number of nitrogens with zero attached hydrogens (tertiary/aromatic N) is 1. The lowest BCUT2D eigenvalue weighted by atomic mass is 10.00. The number of nitro groups is 1. The van der Waals surface area contributed by atoms with Crippen molar-refractivity contribution in [3.63, 3.8) is 0 Å². The second-order valence-corrected chi connectivity index (χ2v) is 5.33. The molecule has 0 bridgehead atoms. The van der Waals surface area contributed by atoms with Crippen molar-refractivity contribution in [2.75, 3.05) is 13.2 Å². The van der Waals surface area contributed by atoms with Gasteiger partial charge in [-0.1, -0.05) is 41.9 Å². The standard InChI is InChI=1S/C16H15ClN2O4/c17-14-8-12(6-7-15(14)19(22)23)16(21)18-9-13(10-20)11-4-2-1-3-5-11/h1-8,13,20H,9-10H2,(H,18,21). The maximum absolute atomic E-state index is 12.1. The Balaban J connectivity index is 2.04. The molecule has 0 aliphatic heterocycles. The zero-order valence-corrected chi connectivity index (χ0v) is 12.9. The topological polar surface area (TPSA) is 92.5 Å². The third kappa shape index (κ3) is 4.28. The molecule has 0 aromatic heterocycles. The summed E-state index contributed by atoms with van der Waals surface area (Å²) in [6.45, 7) is 0.138. The third-order valence-electron chi connectivity index (χ3n) is 3.41. The van der Waals surface area contributed by atoms with Crippen molar-refractivity contribution >= 4 is 23.2 Å². The van der Waals surface area contributed by atoms with Gasteiger partial charge in [0.2, 0.25) is 0 Å². The summed E-state index contributed by atoms with van der Waals surface area (Å²) in [5.74, 6) is -0.634. The third-order valence-corrected chi connectivity index (χ3v) is 3.71. The lowest BCUT2D eigenvalue weighted by Crippen LogP contribution is -2.29. The summed E-state index contributed by atoms with van der Waals surface area (Å²) in [6.07, 6.45) is 0. The van der Waals surface area contributed by atoms with Crippen molar-refractivity contribution in [3.8, 4) is 0 Å². The highest BCUT2D eigenvalue weighted by Crippen LogP contribution is 2.25. The largest absolute Gasteiger partial charge is 0.396 e. The normalized spacial score (nSPS) is 11.7. The first-order valence-electron chi connectivity index (χ1n) is 6.91. The van der Waals surface area contributed by atoms with Crippen LogP contribution in [0, 0.1) is 10.1 Å². The van der Waals surface area contributed by atoms with Crippen LogP contribution in [0.4, 0.5) is 5.69 Å². The summed E-state index contributed by atoms with van der Waals surface area (Å²) in [7, 11) is 0. The Hall–Kier alpha value is -2.44. The molecular weight excluding hydrogens is 320 g/mol. The summed E-state index contributed by atoms with van der Waals surface area (Å²) in [6, 6.07) is 13.1. The van der Waals surface area contributed by atoms with Crippen molar-refractivity contribution in [3.05, 3.63) is 74.8 Å². The van der Waals surface area contributed by atoms with Gasteiger partial charge >= 0.3 is 0 Å². The van der Waals surface area contributed by atoms with E-state index >= 15 is 0 Å². The van der Waals surface area contributed by atoms with Gasteiger partial charge < -0.3 is 10.4 Å². The van der Waals surface area contributed by atoms with E-state index in [2.05, 4.69) is 5.32 Å². The molecule has 2 aromatic rings. The Morgan fingerprint density at radius 3 is 2.52 bits per heavy atom. The van der Waals surface area contributed by atoms with E-state index in [1.54, 1.807) is 0 Å². The van der Waals surface area contributed by atoms with Crippen LogP contribution in [0.25, 0.3) is 0 Å². The van der Waals surface area contributed by atoms with E-state index in [-0.39, 0.29) is 35.3 Å². The molecule has 1 amide bonds. The number of nitro benzene ring substituents is 1. The molecular formula is C16H15ClN2O4. The van der Waals surface area contributed by atoms with Gasteiger partial charge in [0.15, 0.2) is 0 Å². The van der Waals surface area contributed by atoms with Crippen molar-refractivity contribution in [1.82, 2.24) is 5.32 Å². The highest BCUT2D eigenvalue weighted by molar-refractivity contribution is 6.33. The van der Waals surface area contributed by atoms with Crippen LogP contribution in [-0.4, -0.2) is 29.1 Å². The Morgan fingerprint density at radius 1 is 1.26 bits per heavy atom. The van der Waals surface area contributed by atoms with Crippen LogP contribution in [0.15, 0.2) is 48.5 Å². The fraction of sp³-hybridized carbons (Fsp3) is 0.188. The second-order valence-electron chi connectivity index (χ2n) is 4.92. The molecule has 7 heteroatoms. The Kier molecular flexibility index (Phi) is 5.67. The predicted octanol–water partition coefficient (Wildman–Crippen LogP) is 2.75. The summed E-state index contributed by atoms with van der Waals surface area (Å²) in [5.41, 5.74) is 0.892. The first-order valence-corrected chi connectivity index (χ1v) is 7.28. The van der Waals surface area contributed by atoms with E-state index in [4.69, 9.17) is 11.6 Å². The number of aliphatic hydroxyl groups is 1. The van der Waals surface area contributed by atoms with E-state index in [1.165, 1.54) is 18.2 Å². The number of rotatable bonds is 6. The molecule has 2 rings (SSSR count). The van der Waals surface area contributed by atoms with E-state index < -0.39 is 10.8 Å². The van der Waals surface area contributed by atoms with Gasteiger partial charge in [0.25, 0.3) is 11.6 Å². The fourth-order valence-corrected chi connectivity index (χ4v) is 2.38. The van der Waals surface area contributed by atoms with E-state index in [0.29, 0.717) is 0 Å². The number of halogens is 1. The van der Waals surface area contributed by atoms with Crippen LogP contribution < -0.4 is 5.32 Å². The Labute approximate surface area is 137 Å². The molecule has 0 heterocycles. The van der Waals surface area contributed by atoms with Gasteiger partial charge in [0.1, 0.15) is 5.02 Å². The highest BCUT2D eigenvalue weighted by atomic mass is 35.5. The van der Waals surface area contributed by atoms with Gasteiger partial charge in [0, 0.05) is 24.1 Å². The van der Waals surface area contributed by atoms with Crippen LogP contribution in [0.5, 0.6) is 0 Å². The van der Waals surface area contributed by atoms with Crippen molar-refractivity contribution in [1.29, 1.82) is 0 Å². The minimum Gasteiger partial charge on any atom is -0.396 e. The summed E-state index contributed by atoms with van der Waals surface area (Å²) >= 11 is 5.79. The smallest absolute Gasteiger partial charge is 0.287 e. The van der Waals surface area contributed by atoms with Gasteiger partial charge in [-0.15, -0.1) is 0 Å². The molecule has 0 saturated carbocycles. The quantitative estimate of drug-likeness (QED) is 0.627. The van der Waals surface area contributed by atoms with E-state index in [1.807, 2.05) is 30.3 Å². The zero-order valence-electron chi connectivity index (χ0n) is 12.1. The molecule has 0 saturated heterocycles. The molecule has 0 fully saturated rings. The first kappa shape index (κ1) is 16.9. The minimum absolute atomic E-state index is 0.0931. The summed E-state index contributed by atoms with van der Waals surface area (Å²) in [5, 5.41) is 22.8. The van der Waals surface area contributed by atoms with Gasteiger partial charge in [-0.25, -0.2) is 0 Å². The minimum atomic E-state index is -0.610. The number of carbonyl (C=O) groups excluding carboxylic acids is 1.